The van der Waals surface area contributed by atoms with E-state index in [-0.39, 0.29) is 0 Å². The molecule has 3 nitrogen and oxygen atoms in total. The van der Waals surface area contributed by atoms with Gasteiger partial charge < -0.3 is 0 Å². The lowest BCUT2D eigenvalue weighted by atomic mass is 9.81. The van der Waals surface area contributed by atoms with E-state index < -0.39 is 0 Å². The molecule has 0 radical (unpaired) electrons. The number of aromatic nitrogens is 3. The zero-order chi connectivity index (χ0) is 22.9. The van der Waals surface area contributed by atoms with Crippen molar-refractivity contribution in [3.05, 3.63) is 109 Å². The molecule has 1 unspecified atom stereocenters. The molecule has 0 bridgehead atoms. The van der Waals surface area contributed by atoms with Gasteiger partial charge in [0.25, 0.3) is 0 Å². The Balaban J connectivity index is 0.000000182. The highest BCUT2D eigenvalue weighted by atomic mass is 15.1. The lowest BCUT2D eigenvalue weighted by Gasteiger charge is -2.24. The van der Waals surface area contributed by atoms with Gasteiger partial charge in [-0.05, 0) is 86.3 Å². The standard InChI is InChI=1S/C22H20N2.C9H7N/c1-14-3-2-4-20-18(14)9-10-21-19-7-5-15(17-12-23-24-13-17)11-16(19)6-8-22(20)21;1-2-4-9-7-10-6-5-8(9)3-1/h5-14H,2-4H2,1H3,(H,23,24);1-7H. The van der Waals surface area contributed by atoms with E-state index in [4.69, 9.17) is 0 Å². The van der Waals surface area contributed by atoms with Gasteiger partial charge in [-0.1, -0.05) is 67.6 Å². The number of hydrogen-bond donors (Lipinski definition) is 1. The lowest BCUT2D eigenvalue weighted by molar-refractivity contribution is 0.593. The van der Waals surface area contributed by atoms with Gasteiger partial charge in [-0.25, -0.2) is 0 Å². The first-order valence-electron chi connectivity index (χ1n) is 12.0. The van der Waals surface area contributed by atoms with Crippen LogP contribution in [0.5, 0.6) is 0 Å². The molecule has 0 spiro atoms. The monoisotopic (exact) mass is 441 g/mol. The second-order valence-corrected chi connectivity index (χ2v) is 9.23. The van der Waals surface area contributed by atoms with Crippen molar-refractivity contribution < 1.29 is 0 Å². The summed E-state index contributed by atoms with van der Waals surface area (Å²) in [4.78, 5) is 4.01. The fourth-order valence-corrected chi connectivity index (χ4v) is 5.32. The minimum absolute atomic E-state index is 0.692. The van der Waals surface area contributed by atoms with Gasteiger partial charge in [0, 0.05) is 24.2 Å². The normalized spacial score (nSPS) is 15.1. The van der Waals surface area contributed by atoms with Crippen molar-refractivity contribution >= 4 is 32.3 Å². The average Bonchev–Trinajstić information content (AvgIpc) is 3.44. The Bertz CT molecular complexity index is 1530. The Kier molecular flexibility index (Phi) is 5.31. The number of pyridine rings is 1. The molecule has 1 N–H and O–H groups in total. The molecule has 7 rings (SSSR count). The molecule has 4 aromatic carbocycles. The first kappa shape index (κ1) is 20.6. The summed E-state index contributed by atoms with van der Waals surface area (Å²) in [6.07, 6.45) is 11.3. The maximum Gasteiger partial charge on any atom is 0.0565 e. The SMILES string of the molecule is CC1CCCc2c1ccc1c2ccc2cc(-c3cn[nH]c3)ccc21.c1ccc2cnccc2c1. The Morgan fingerprint density at radius 3 is 2.47 bits per heavy atom. The minimum Gasteiger partial charge on any atom is -0.285 e. The van der Waals surface area contributed by atoms with Gasteiger partial charge >= 0.3 is 0 Å². The molecule has 1 aliphatic rings. The number of H-pyrrole nitrogens is 1. The number of nitrogens with zero attached hydrogens (tertiary/aromatic N) is 2. The highest BCUT2D eigenvalue weighted by molar-refractivity contribution is 6.09. The van der Waals surface area contributed by atoms with E-state index in [0.29, 0.717) is 5.92 Å². The van der Waals surface area contributed by atoms with E-state index >= 15 is 0 Å². The summed E-state index contributed by atoms with van der Waals surface area (Å²) < 4.78 is 0. The van der Waals surface area contributed by atoms with Gasteiger partial charge in [-0.3, -0.25) is 10.1 Å². The fraction of sp³-hybridized carbons (Fsp3) is 0.161. The second-order valence-electron chi connectivity index (χ2n) is 9.23. The summed E-state index contributed by atoms with van der Waals surface area (Å²) in [6.45, 7) is 2.36. The quantitative estimate of drug-likeness (QED) is 0.262. The molecule has 3 heteroatoms. The van der Waals surface area contributed by atoms with Crippen LogP contribution in [0, 0.1) is 0 Å². The summed E-state index contributed by atoms with van der Waals surface area (Å²) >= 11 is 0. The Morgan fingerprint density at radius 2 is 1.62 bits per heavy atom. The van der Waals surface area contributed by atoms with Crippen LogP contribution in [0.15, 0.2) is 97.6 Å². The predicted octanol–water partition coefficient (Wildman–Crippen LogP) is 8.06. The summed E-state index contributed by atoms with van der Waals surface area (Å²) in [5, 5.41) is 14.9. The van der Waals surface area contributed by atoms with Crippen LogP contribution in [0.25, 0.3) is 43.4 Å². The van der Waals surface area contributed by atoms with Crippen LogP contribution in [0.3, 0.4) is 0 Å². The largest absolute Gasteiger partial charge is 0.285 e. The molecule has 0 saturated heterocycles. The Hall–Kier alpha value is -3.98. The fourth-order valence-electron chi connectivity index (χ4n) is 5.32. The van der Waals surface area contributed by atoms with Crippen molar-refractivity contribution in [1.82, 2.24) is 15.2 Å². The zero-order valence-corrected chi connectivity index (χ0v) is 19.3. The molecule has 0 fully saturated rings. The lowest BCUT2D eigenvalue weighted by Crippen LogP contribution is -2.07. The van der Waals surface area contributed by atoms with Crippen molar-refractivity contribution in [3.63, 3.8) is 0 Å². The van der Waals surface area contributed by atoms with E-state index in [9.17, 15) is 0 Å². The van der Waals surface area contributed by atoms with Gasteiger partial charge in [0.2, 0.25) is 0 Å². The third-order valence-corrected chi connectivity index (χ3v) is 7.14. The summed E-state index contributed by atoms with van der Waals surface area (Å²) in [7, 11) is 0. The van der Waals surface area contributed by atoms with E-state index in [2.05, 4.69) is 76.7 Å². The third kappa shape index (κ3) is 3.73. The molecule has 166 valence electrons. The van der Waals surface area contributed by atoms with Crippen LogP contribution >= 0.6 is 0 Å². The number of benzene rings is 4. The first-order chi connectivity index (χ1) is 16.8. The van der Waals surface area contributed by atoms with Crippen molar-refractivity contribution in [1.29, 1.82) is 0 Å². The number of hydrogen-bond acceptors (Lipinski definition) is 2. The maximum absolute atomic E-state index is 4.06. The van der Waals surface area contributed by atoms with Crippen LogP contribution in [-0.2, 0) is 6.42 Å². The Morgan fingerprint density at radius 1 is 0.765 bits per heavy atom. The summed E-state index contributed by atoms with van der Waals surface area (Å²) in [6, 6.07) is 26.2. The molecule has 0 saturated carbocycles. The van der Waals surface area contributed by atoms with Gasteiger partial charge in [0.15, 0.2) is 0 Å². The minimum atomic E-state index is 0.692. The molecule has 1 atom stereocenters. The predicted molar refractivity (Wildman–Crippen MR) is 142 cm³/mol. The molecule has 34 heavy (non-hydrogen) atoms. The number of aryl methyl sites for hydroxylation is 1. The number of fused-ring (bicyclic) bond motifs is 6. The second kappa shape index (κ2) is 8.75. The topological polar surface area (TPSA) is 41.6 Å². The van der Waals surface area contributed by atoms with Crippen LogP contribution in [0.2, 0.25) is 0 Å². The number of aromatic amines is 1. The molecular weight excluding hydrogens is 414 g/mol. The molecular formula is C31H27N3. The van der Waals surface area contributed by atoms with Gasteiger partial charge in [-0.15, -0.1) is 0 Å². The van der Waals surface area contributed by atoms with Gasteiger partial charge in [-0.2, -0.15) is 5.10 Å². The van der Waals surface area contributed by atoms with Crippen LogP contribution in [0.1, 0.15) is 36.8 Å². The van der Waals surface area contributed by atoms with Crippen molar-refractivity contribution in [2.45, 2.75) is 32.1 Å². The van der Waals surface area contributed by atoms with E-state index in [0.717, 1.165) is 5.56 Å². The van der Waals surface area contributed by atoms with E-state index in [1.54, 1.807) is 11.1 Å². The zero-order valence-electron chi connectivity index (χ0n) is 19.3. The first-order valence-corrected chi connectivity index (χ1v) is 12.0. The molecule has 0 aliphatic heterocycles. The van der Waals surface area contributed by atoms with Crippen molar-refractivity contribution in [2.24, 2.45) is 0 Å². The Labute approximate surface area is 199 Å². The van der Waals surface area contributed by atoms with Crippen LogP contribution in [0.4, 0.5) is 0 Å². The molecule has 2 aromatic heterocycles. The van der Waals surface area contributed by atoms with Crippen LogP contribution < -0.4 is 0 Å². The van der Waals surface area contributed by atoms with Crippen molar-refractivity contribution in [3.8, 4) is 11.1 Å². The van der Waals surface area contributed by atoms with Gasteiger partial charge in [0.05, 0.1) is 6.20 Å². The molecule has 6 aromatic rings. The summed E-state index contributed by atoms with van der Waals surface area (Å²) in [5.41, 5.74) is 5.48. The van der Waals surface area contributed by atoms with Crippen molar-refractivity contribution in [2.75, 3.05) is 0 Å². The van der Waals surface area contributed by atoms with Crippen LogP contribution in [-0.4, -0.2) is 15.2 Å². The maximum atomic E-state index is 4.06. The molecule has 2 heterocycles. The number of nitrogens with one attached hydrogen (secondary N) is 1. The third-order valence-electron chi connectivity index (χ3n) is 7.14. The van der Waals surface area contributed by atoms with E-state index in [1.165, 1.54) is 57.1 Å². The highest BCUT2D eigenvalue weighted by Crippen LogP contribution is 2.38. The summed E-state index contributed by atoms with van der Waals surface area (Å²) in [5.74, 6) is 0.692. The van der Waals surface area contributed by atoms with E-state index in [1.807, 2.05) is 43.0 Å². The molecule has 0 amide bonds. The number of rotatable bonds is 1. The van der Waals surface area contributed by atoms with Gasteiger partial charge in [0.1, 0.15) is 0 Å². The highest BCUT2D eigenvalue weighted by Gasteiger charge is 2.18. The smallest absolute Gasteiger partial charge is 0.0565 e. The average molecular weight is 442 g/mol. The molecule has 1 aliphatic carbocycles.